The zero-order valence-electron chi connectivity index (χ0n) is 12.3. The molecule has 0 bridgehead atoms. The second kappa shape index (κ2) is 7.22. The molecule has 2 rings (SSSR count). The van der Waals surface area contributed by atoms with Crippen molar-refractivity contribution >= 4 is 33.3 Å². The maximum atomic E-state index is 12.1. The first kappa shape index (κ1) is 15.5. The summed E-state index contributed by atoms with van der Waals surface area (Å²) in [5.74, 6) is -0.685. The van der Waals surface area contributed by atoms with Crippen LogP contribution in [0.3, 0.4) is 0 Å². The van der Waals surface area contributed by atoms with Gasteiger partial charge in [0.25, 0.3) is 5.91 Å². The van der Waals surface area contributed by atoms with E-state index in [2.05, 4.69) is 12.2 Å². The van der Waals surface area contributed by atoms with Gasteiger partial charge in [-0.05, 0) is 30.4 Å². The molecule has 21 heavy (non-hydrogen) atoms. The molecule has 0 aliphatic carbocycles. The molecule has 4 nitrogen and oxygen atoms in total. The normalized spacial score (nSPS) is 10.6. The van der Waals surface area contributed by atoms with Crippen LogP contribution in [-0.2, 0) is 9.53 Å². The third kappa shape index (κ3) is 3.82. The second-order valence-corrected chi connectivity index (χ2v) is 5.88. The van der Waals surface area contributed by atoms with Gasteiger partial charge in [-0.15, -0.1) is 11.3 Å². The quantitative estimate of drug-likeness (QED) is 0.658. The van der Waals surface area contributed by atoms with Gasteiger partial charge < -0.3 is 10.1 Å². The zero-order chi connectivity index (χ0) is 15.2. The van der Waals surface area contributed by atoms with E-state index in [0.29, 0.717) is 11.4 Å². The summed E-state index contributed by atoms with van der Waals surface area (Å²) in [6, 6.07) is 7.84. The van der Waals surface area contributed by atoms with Crippen molar-refractivity contribution in [1.82, 2.24) is 5.32 Å². The average molecular weight is 305 g/mol. The Hall–Kier alpha value is -1.88. The molecule has 0 saturated carbocycles. The van der Waals surface area contributed by atoms with E-state index in [1.807, 2.05) is 31.2 Å². The van der Waals surface area contributed by atoms with Crippen molar-refractivity contribution in [3.05, 3.63) is 34.7 Å². The van der Waals surface area contributed by atoms with Crippen molar-refractivity contribution < 1.29 is 14.3 Å². The van der Waals surface area contributed by atoms with Crippen molar-refractivity contribution in [3.63, 3.8) is 0 Å². The van der Waals surface area contributed by atoms with Crippen molar-refractivity contribution in [2.24, 2.45) is 0 Å². The topological polar surface area (TPSA) is 55.4 Å². The molecule has 1 amide bonds. The van der Waals surface area contributed by atoms with Gasteiger partial charge in [-0.25, -0.2) is 4.79 Å². The van der Waals surface area contributed by atoms with Gasteiger partial charge in [0.1, 0.15) is 4.88 Å². The molecule has 2 aromatic rings. The summed E-state index contributed by atoms with van der Waals surface area (Å²) in [4.78, 5) is 24.2. The Labute approximate surface area is 128 Å². The Balaban J connectivity index is 1.96. The Morgan fingerprint density at radius 2 is 2.05 bits per heavy atom. The Kier molecular flexibility index (Phi) is 5.33. The van der Waals surface area contributed by atoms with Crippen LogP contribution in [0.1, 0.15) is 35.0 Å². The van der Waals surface area contributed by atoms with E-state index in [-0.39, 0.29) is 12.5 Å². The lowest BCUT2D eigenvalue weighted by Gasteiger charge is -2.05. The maximum absolute atomic E-state index is 12.1. The second-order valence-electron chi connectivity index (χ2n) is 4.83. The Morgan fingerprint density at radius 3 is 2.76 bits per heavy atom. The number of rotatable bonds is 6. The van der Waals surface area contributed by atoms with Crippen molar-refractivity contribution in [2.75, 3.05) is 13.2 Å². The Morgan fingerprint density at radius 1 is 1.29 bits per heavy atom. The molecule has 0 fully saturated rings. The van der Waals surface area contributed by atoms with Gasteiger partial charge in [0.15, 0.2) is 6.61 Å². The lowest BCUT2D eigenvalue weighted by molar-refractivity contribution is -0.124. The summed E-state index contributed by atoms with van der Waals surface area (Å²) < 4.78 is 6.14. The van der Waals surface area contributed by atoms with Gasteiger partial charge in [0.2, 0.25) is 0 Å². The Bertz CT molecular complexity index is 648. The number of thiophene rings is 1. The lowest BCUT2D eigenvalue weighted by atomic mass is 10.1. The fraction of sp³-hybridized carbons (Fsp3) is 0.375. The molecule has 1 aromatic carbocycles. The lowest BCUT2D eigenvalue weighted by Crippen LogP contribution is -2.29. The number of hydrogen-bond donors (Lipinski definition) is 1. The van der Waals surface area contributed by atoms with Gasteiger partial charge in [0, 0.05) is 11.2 Å². The standard InChI is InChI=1S/C16H19NO3S/c1-3-4-9-17-14(18)10-20-16(19)15-11(2)12-7-5-6-8-13(12)21-15/h5-8H,3-4,9-10H2,1-2H3,(H,17,18). The first-order chi connectivity index (χ1) is 10.1. The minimum atomic E-state index is -0.431. The third-order valence-electron chi connectivity index (χ3n) is 3.22. The molecule has 1 aromatic heterocycles. The van der Waals surface area contributed by atoms with E-state index in [9.17, 15) is 9.59 Å². The minimum Gasteiger partial charge on any atom is -0.451 e. The van der Waals surface area contributed by atoms with Crippen molar-refractivity contribution in [2.45, 2.75) is 26.7 Å². The molecule has 0 spiro atoms. The number of nitrogens with one attached hydrogen (secondary N) is 1. The summed E-state index contributed by atoms with van der Waals surface area (Å²) >= 11 is 1.40. The monoisotopic (exact) mass is 305 g/mol. The van der Waals surface area contributed by atoms with E-state index in [0.717, 1.165) is 28.5 Å². The van der Waals surface area contributed by atoms with E-state index < -0.39 is 5.97 Å². The van der Waals surface area contributed by atoms with Crippen LogP contribution in [0.4, 0.5) is 0 Å². The summed E-state index contributed by atoms with van der Waals surface area (Å²) in [7, 11) is 0. The summed E-state index contributed by atoms with van der Waals surface area (Å²) in [6.45, 7) is 4.35. The summed E-state index contributed by atoms with van der Waals surface area (Å²) in [6.07, 6.45) is 1.94. The van der Waals surface area contributed by atoms with Crippen LogP contribution in [-0.4, -0.2) is 25.0 Å². The molecule has 0 saturated heterocycles. The number of hydrogen-bond acceptors (Lipinski definition) is 4. The smallest absolute Gasteiger partial charge is 0.349 e. The number of aryl methyl sites for hydroxylation is 1. The van der Waals surface area contributed by atoms with Gasteiger partial charge in [-0.2, -0.15) is 0 Å². The van der Waals surface area contributed by atoms with E-state index in [4.69, 9.17) is 4.74 Å². The number of carbonyl (C=O) groups is 2. The van der Waals surface area contributed by atoms with Crippen LogP contribution in [0, 0.1) is 6.92 Å². The fourth-order valence-electron chi connectivity index (χ4n) is 2.02. The third-order valence-corrected chi connectivity index (χ3v) is 4.47. The highest BCUT2D eigenvalue weighted by atomic mass is 32.1. The van der Waals surface area contributed by atoms with Crippen molar-refractivity contribution in [3.8, 4) is 0 Å². The van der Waals surface area contributed by atoms with Crippen LogP contribution in [0.2, 0.25) is 0 Å². The molecule has 0 aliphatic heterocycles. The number of benzene rings is 1. The van der Waals surface area contributed by atoms with E-state index in [1.54, 1.807) is 0 Å². The first-order valence-electron chi connectivity index (χ1n) is 7.05. The molecule has 112 valence electrons. The maximum Gasteiger partial charge on any atom is 0.349 e. The number of carbonyl (C=O) groups excluding carboxylic acids is 2. The van der Waals surface area contributed by atoms with Crippen LogP contribution in [0.5, 0.6) is 0 Å². The number of esters is 1. The van der Waals surface area contributed by atoms with Gasteiger partial charge >= 0.3 is 5.97 Å². The molecular formula is C16H19NO3S. The largest absolute Gasteiger partial charge is 0.451 e. The molecule has 0 atom stereocenters. The summed E-state index contributed by atoms with van der Waals surface area (Å²) in [5, 5.41) is 3.78. The highest BCUT2D eigenvalue weighted by Gasteiger charge is 2.17. The minimum absolute atomic E-state index is 0.226. The zero-order valence-corrected chi connectivity index (χ0v) is 13.1. The number of ether oxygens (including phenoxy) is 1. The molecule has 0 radical (unpaired) electrons. The van der Waals surface area contributed by atoms with Gasteiger partial charge in [0.05, 0.1) is 0 Å². The molecular weight excluding hydrogens is 286 g/mol. The predicted octanol–water partition coefficient (Wildman–Crippen LogP) is 3.28. The number of amides is 1. The fourth-order valence-corrected chi connectivity index (χ4v) is 3.12. The molecule has 5 heteroatoms. The molecule has 0 aliphatic rings. The predicted molar refractivity (Wildman–Crippen MR) is 84.8 cm³/mol. The van der Waals surface area contributed by atoms with Gasteiger partial charge in [-0.3, -0.25) is 4.79 Å². The van der Waals surface area contributed by atoms with Crippen LogP contribution in [0.15, 0.2) is 24.3 Å². The summed E-state index contributed by atoms with van der Waals surface area (Å²) in [5.41, 5.74) is 0.909. The number of unbranched alkanes of at least 4 members (excludes halogenated alkanes) is 1. The molecule has 0 unspecified atom stereocenters. The molecule has 1 N–H and O–H groups in total. The van der Waals surface area contributed by atoms with Crippen LogP contribution in [0.25, 0.3) is 10.1 Å². The van der Waals surface area contributed by atoms with Crippen LogP contribution >= 0.6 is 11.3 Å². The highest BCUT2D eigenvalue weighted by molar-refractivity contribution is 7.21. The van der Waals surface area contributed by atoms with Crippen LogP contribution < -0.4 is 5.32 Å². The highest BCUT2D eigenvalue weighted by Crippen LogP contribution is 2.30. The van der Waals surface area contributed by atoms with Crippen molar-refractivity contribution in [1.29, 1.82) is 0 Å². The van der Waals surface area contributed by atoms with E-state index >= 15 is 0 Å². The first-order valence-corrected chi connectivity index (χ1v) is 7.87. The van der Waals surface area contributed by atoms with Gasteiger partial charge in [-0.1, -0.05) is 31.5 Å². The van der Waals surface area contributed by atoms with E-state index in [1.165, 1.54) is 11.3 Å². The SMILES string of the molecule is CCCCNC(=O)COC(=O)c1sc2ccccc2c1C. The number of fused-ring (bicyclic) bond motifs is 1. The molecule has 1 heterocycles. The average Bonchev–Trinajstić information content (AvgIpc) is 2.83.